The van der Waals surface area contributed by atoms with Gasteiger partial charge in [0.05, 0.1) is 6.20 Å². The van der Waals surface area contributed by atoms with Crippen LogP contribution in [0.1, 0.15) is 16.7 Å². The lowest BCUT2D eigenvalue weighted by Gasteiger charge is -2.08. The molecule has 0 fully saturated rings. The van der Waals surface area contributed by atoms with Gasteiger partial charge < -0.3 is 4.74 Å². The number of nitrogens with zero attached hydrogens (tertiary/aromatic N) is 2. The molecule has 0 aliphatic carbocycles. The van der Waals surface area contributed by atoms with Crippen LogP contribution in [0, 0.1) is 13.8 Å². The van der Waals surface area contributed by atoms with E-state index in [1.807, 2.05) is 42.7 Å². The average molecular weight is 291 g/mol. The molecule has 0 aliphatic rings. The van der Waals surface area contributed by atoms with Gasteiger partial charge in [0.2, 0.25) is 6.20 Å². The van der Waals surface area contributed by atoms with Crippen molar-refractivity contribution in [3.05, 3.63) is 83.8 Å². The molecule has 3 aromatic rings. The fraction of sp³-hybridized carbons (Fsp3) is 0.158. The van der Waals surface area contributed by atoms with E-state index < -0.39 is 0 Å². The molecule has 1 heterocycles. The van der Waals surface area contributed by atoms with Gasteiger partial charge >= 0.3 is 0 Å². The highest BCUT2D eigenvalue weighted by atomic mass is 16.5. The second-order valence-electron chi connectivity index (χ2n) is 5.35. The summed E-state index contributed by atoms with van der Waals surface area (Å²) in [6.07, 6.45) is 5.64. The fourth-order valence-corrected chi connectivity index (χ4v) is 2.30. The predicted molar refractivity (Wildman–Crippen MR) is 86.0 cm³/mol. The van der Waals surface area contributed by atoms with Crippen molar-refractivity contribution in [3.63, 3.8) is 0 Å². The Morgan fingerprint density at radius 1 is 1.00 bits per heavy atom. The summed E-state index contributed by atoms with van der Waals surface area (Å²) in [7, 11) is 0. The van der Waals surface area contributed by atoms with Crippen molar-refractivity contribution < 1.29 is 9.30 Å². The van der Waals surface area contributed by atoms with E-state index in [-0.39, 0.29) is 0 Å². The minimum atomic E-state index is 0.604. The van der Waals surface area contributed by atoms with Crippen molar-refractivity contribution in [3.8, 4) is 11.6 Å². The van der Waals surface area contributed by atoms with Gasteiger partial charge in [0, 0.05) is 5.56 Å². The average Bonchev–Trinajstić information content (AvgIpc) is 2.53. The monoisotopic (exact) mass is 291 g/mol. The Hall–Kier alpha value is -2.68. The van der Waals surface area contributed by atoms with E-state index in [1.165, 1.54) is 11.1 Å². The van der Waals surface area contributed by atoms with Gasteiger partial charge in [-0.1, -0.05) is 42.5 Å². The van der Waals surface area contributed by atoms with Gasteiger partial charge in [-0.3, -0.25) is 0 Å². The smallest absolute Gasteiger partial charge is 0.285 e. The van der Waals surface area contributed by atoms with Crippen LogP contribution in [0.5, 0.6) is 11.6 Å². The van der Waals surface area contributed by atoms with E-state index >= 15 is 0 Å². The summed E-state index contributed by atoms with van der Waals surface area (Å²) in [6, 6.07) is 16.4. The maximum atomic E-state index is 5.94. The Bertz CT molecular complexity index is 769. The Morgan fingerprint density at radius 3 is 2.64 bits per heavy atom. The molecule has 22 heavy (non-hydrogen) atoms. The maximum Gasteiger partial charge on any atom is 0.285 e. The summed E-state index contributed by atoms with van der Waals surface area (Å²) >= 11 is 0. The highest BCUT2D eigenvalue weighted by molar-refractivity contribution is 5.39. The van der Waals surface area contributed by atoms with Gasteiger partial charge in [-0.2, -0.15) is 4.57 Å². The normalized spacial score (nSPS) is 10.5. The van der Waals surface area contributed by atoms with Gasteiger partial charge in [0.1, 0.15) is 5.75 Å². The van der Waals surface area contributed by atoms with Crippen molar-refractivity contribution in [2.24, 2.45) is 0 Å². The molecule has 110 valence electrons. The van der Waals surface area contributed by atoms with E-state index in [2.05, 4.69) is 41.6 Å². The Balaban J connectivity index is 1.81. The van der Waals surface area contributed by atoms with Crippen molar-refractivity contribution in [2.75, 3.05) is 0 Å². The molecule has 1 aromatic heterocycles. The first-order valence-corrected chi connectivity index (χ1v) is 7.35. The summed E-state index contributed by atoms with van der Waals surface area (Å²) in [6.45, 7) is 4.94. The van der Waals surface area contributed by atoms with E-state index in [4.69, 9.17) is 4.74 Å². The van der Waals surface area contributed by atoms with Crippen LogP contribution in [0.3, 0.4) is 0 Å². The van der Waals surface area contributed by atoms with Crippen LogP contribution in [0.4, 0.5) is 0 Å². The lowest BCUT2D eigenvalue weighted by molar-refractivity contribution is -0.689. The third-order valence-electron chi connectivity index (χ3n) is 3.71. The van der Waals surface area contributed by atoms with Gasteiger partial charge in [-0.25, -0.2) is 4.98 Å². The molecule has 0 radical (unpaired) electrons. The summed E-state index contributed by atoms with van der Waals surface area (Å²) in [5, 5.41) is 0. The molecule has 2 aromatic carbocycles. The zero-order chi connectivity index (χ0) is 15.4. The molecule has 0 aliphatic heterocycles. The van der Waals surface area contributed by atoms with Crippen molar-refractivity contribution in [1.82, 2.24) is 4.98 Å². The molecule has 3 rings (SSSR count). The van der Waals surface area contributed by atoms with Crippen LogP contribution < -0.4 is 9.30 Å². The van der Waals surface area contributed by atoms with Gasteiger partial charge in [0.25, 0.3) is 5.88 Å². The number of aromatic nitrogens is 2. The Kier molecular flexibility index (Phi) is 4.15. The van der Waals surface area contributed by atoms with Crippen LogP contribution in [0.25, 0.3) is 0 Å². The molecular formula is C19H19N2O+. The van der Waals surface area contributed by atoms with Crippen LogP contribution >= 0.6 is 0 Å². The number of hydrogen-bond donors (Lipinski definition) is 0. The minimum absolute atomic E-state index is 0.604. The van der Waals surface area contributed by atoms with E-state index in [0.717, 1.165) is 17.9 Å². The molecule has 0 unspecified atom stereocenters. The predicted octanol–water partition coefficient (Wildman–Crippen LogP) is 3.83. The zero-order valence-corrected chi connectivity index (χ0v) is 12.9. The second-order valence-corrected chi connectivity index (χ2v) is 5.35. The molecule has 0 amide bonds. The standard InChI is InChI=1S/C19H19N2O/c1-15-7-6-10-18(16(15)2)22-19-14-21(12-11-20-19)13-17-8-4-3-5-9-17/h3-12,14H,13H2,1-2H3/q+1. The minimum Gasteiger partial charge on any atom is -0.434 e. The van der Waals surface area contributed by atoms with Crippen LogP contribution in [0.15, 0.2) is 67.1 Å². The quantitative estimate of drug-likeness (QED) is 0.683. The molecule has 0 bridgehead atoms. The van der Waals surface area contributed by atoms with Crippen molar-refractivity contribution in [1.29, 1.82) is 0 Å². The Labute approximate surface area is 130 Å². The summed E-state index contributed by atoms with van der Waals surface area (Å²) in [4.78, 5) is 4.30. The first-order chi connectivity index (χ1) is 10.7. The highest BCUT2D eigenvalue weighted by Gasteiger charge is 2.09. The molecule has 0 N–H and O–H groups in total. The number of hydrogen-bond acceptors (Lipinski definition) is 2. The first-order valence-electron chi connectivity index (χ1n) is 7.35. The molecule has 0 saturated carbocycles. The fourth-order valence-electron chi connectivity index (χ4n) is 2.30. The first kappa shape index (κ1) is 14.3. The molecular weight excluding hydrogens is 272 g/mol. The zero-order valence-electron chi connectivity index (χ0n) is 12.9. The molecule has 0 spiro atoms. The number of aryl methyl sites for hydroxylation is 1. The van der Waals surface area contributed by atoms with Crippen LogP contribution in [-0.4, -0.2) is 4.98 Å². The second kappa shape index (κ2) is 6.39. The lowest BCUT2D eigenvalue weighted by atomic mass is 10.1. The third-order valence-corrected chi connectivity index (χ3v) is 3.71. The van der Waals surface area contributed by atoms with E-state index in [1.54, 1.807) is 6.20 Å². The number of rotatable bonds is 4. The van der Waals surface area contributed by atoms with Gasteiger partial charge in [-0.05, 0) is 31.0 Å². The third kappa shape index (κ3) is 3.31. The molecule has 0 atom stereocenters. The van der Waals surface area contributed by atoms with Crippen molar-refractivity contribution in [2.45, 2.75) is 20.4 Å². The SMILES string of the molecule is Cc1cccc(Oc2c[n+](Cc3ccccc3)ccn2)c1C. The van der Waals surface area contributed by atoms with E-state index in [9.17, 15) is 0 Å². The topological polar surface area (TPSA) is 26.0 Å². The number of ether oxygens (including phenoxy) is 1. The largest absolute Gasteiger partial charge is 0.434 e. The lowest BCUT2D eigenvalue weighted by Crippen LogP contribution is -2.33. The summed E-state index contributed by atoms with van der Waals surface area (Å²) < 4.78 is 8.01. The van der Waals surface area contributed by atoms with E-state index in [0.29, 0.717) is 5.88 Å². The highest BCUT2D eigenvalue weighted by Crippen LogP contribution is 2.24. The summed E-state index contributed by atoms with van der Waals surface area (Å²) in [5.74, 6) is 1.46. The van der Waals surface area contributed by atoms with Gasteiger partial charge in [-0.15, -0.1) is 0 Å². The molecule has 3 heteroatoms. The molecule has 0 saturated heterocycles. The van der Waals surface area contributed by atoms with Crippen LogP contribution in [-0.2, 0) is 6.54 Å². The summed E-state index contributed by atoms with van der Waals surface area (Å²) in [5.41, 5.74) is 3.60. The maximum absolute atomic E-state index is 5.94. The van der Waals surface area contributed by atoms with Gasteiger partial charge in [0.15, 0.2) is 12.7 Å². The Morgan fingerprint density at radius 2 is 1.82 bits per heavy atom. The molecule has 3 nitrogen and oxygen atoms in total. The van der Waals surface area contributed by atoms with Crippen LogP contribution in [0.2, 0.25) is 0 Å². The van der Waals surface area contributed by atoms with Crippen molar-refractivity contribution >= 4 is 0 Å². The number of benzene rings is 2.